The molecule has 0 saturated heterocycles. The SMILES string of the molecule is COCC1(C(=O)OC)c2ccccc2-c2c(Cl)cccc21. The molecule has 3 nitrogen and oxygen atoms in total. The molecule has 108 valence electrons. The van der Waals surface area contributed by atoms with Gasteiger partial charge in [-0.25, -0.2) is 0 Å². The summed E-state index contributed by atoms with van der Waals surface area (Å²) in [6, 6.07) is 13.3. The van der Waals surface area contributed by atoms with E-state index in [1.54, 1.807) is 7.11 Å². The van der Waals surface area contributed by atoms with Gasteiger partial charge in [-0.15, -0.1) is 0 Å². The predicted molar refractivity (Wildman–Crippen MR) is 81.6 cm³/mol. The molecule has 0 N–H and O–H groups in total. The number of hydrogen-bond acceptors (Lipinski definition) is 3. The van der Waals surface area contributed by atoms with Crippen molar-refractivity contribution in [2.75, 3.05) is 20.8 Å². The second kappa shape index (κ2) is 5.17. The topological polar surface area (TPSA) is 35.5 Å². The lowest BCUT2D eigenvalue weighted by molar-refractivity contribution is -0.147. The first kappa shape index (κ1) is 14.1. The van der Waals surface area contributed by atoms with Crippen molar-refractivity contribution >= 4 is 17.6 Å². The summed E-state index contributed by atoms with van der Waals surface area (Å²) in [5.74, 6) is -0.335. The number of carbonyl (C=O) groups is 1. The average Bonchev–Trinajstić information content (AvgIpc) is 2.80. The van der Waals surface area contributed by atoms with E-state index in [4.69, 9.17) is 21.1 Å². The van der Waals surface area contributed by atoms with E-state index in [1.807, 2.05) is 42.5 Å². The van der Waals surface area contributed by atoms with Gasteiger partial charge in [0.25, 0.3) is 0 Å². The van der Waals surface area contributed by atoms with Gasteiger partial charge in [0.15, 0.2) is 0 Å². The van der Waals surface area contributed by atoms with Crippen LogP contribution >= 0.6 is 11.6 Å². The normalized spacial score (nSPS) is 19.0. The molecule has 2 aromatic rings. The molecule has 3 rings (SSSR count). The highest BCUT2D eigenvalue weighted by atomic mass is 35.5. The summed E-state index contributed by atoms with van der Waals surface area (Å²) in [4.78, 5) is 12.6. The van der Waals surface area contributed by atoms with Crippen molar-refractivity contribution in [3.05, 3.63) is 58.6 Å². The van der Waals surface area contributed by atoms with E-state index in [0.29, 0.717) is 5.02 Å². The molecule has 0 saturated carbocycles. The maximum absolute atomic E-state index is 12.6. The molecule has 4 heteroatoms. The van der Waals surface area contributed by atoms with E-state index in [1.165, 1.54) is 7.11 Å². The number of hydrogen-bond donors (Lipinski definition) is 0. The second-order valence-corrected chi connectivity index (χ2v) is 5.45. The Hall–Kier alpha value is -1.84. The van der Waals surface area contributed by atoms with Gasteiger partial charge in [0.05, 0.1) is 13.7 Å². The molecular formula is C17H15ClO3. The number of halogens is 1. The number of methoxy groups -OCH3 is 2. The van der Waals surface area contributed by atoms with Crippen molar-refractivity contribution < 1.29 is 14.3 Å². The van der Waals surface area contributed by atoms with Crippen molar-refractivity contribution in [2.45, 2.75) is 5.41 Å². The molecule has 2 aromatic carbocycles. The highest BCUT2D eigenvalue weighted by molar-refractivity contribution is 6.34. The minimum absolute atomic E-state index is 0.212. The van der Waals surface area contributed by atoms with Crippen molar-refractivity contribution in [3.8, 4) is 11.1 Å². The molecule has 0 aromatic heterocycles. The summed E-state index contributed by atoms with van der Waals surface area (Å²) in [5.41, 5.74) is 2.60. The van der Waals surface area contributed by atoms with E-state index in [0.717, 1.165) is 22.3 Å². The molecule has 0 spiro atoms. The Bertz CT molecular complexity index is 711. The number of carbonyl (C=O) groups excluding carboxylic acids is 1. The minimum Gasteiger partial charge on any atom is -0.468 e. The molecule has 0 heterocycles. The number of fused-ring (bicyclic) bond motifs is 3. The van der Waals surface area contributed by atoms with Gasteiger partial charge in [0, 0.05) is 17.7 Å². The van der Waals surface area contributed by atoms with Gasteiger partial charge in [0.2, 0.25) is 0 Å². The smallest absolute Gasteiger partial charge is 0.323 e. The molecule has 0 radical (unpaired) electrons. The summed E-state index contributed by atoms with van der Waals surface area (Å²) in [6.45, 7) is 0.212. The van der Waals surface area contributed by atoms with Crippen molar-refractivity contribution in [2.24, 2.45) is 0 Å². The van der Waals surface area contributed by atoms with E-state index in [9.17, 15) is 4.79 Å². The molecular weight excluding hydrogens is 288 g/mol. The number of ether oxygens (including phenoxy) is 2. The summed E-state index contributed by atoms with van der Waals surface area (Å²) in [7, 11) is 2.97. The summed E-state index contributed by atoms with van der Waals surface area (Å²) < 4.78 is 10.4. The standard InChI is InChI=1S/C17H15ClO3/c1-20-10-17(16(19)21-2)12-7-4-3-6-11(12)15-13(17)8-5-9-14(15)18/h3-9H,10H2,1-2H3. The van der Waals surface area contributed by atoms with Crippen LogP contribution in [0.15, 0.2) is 42.5 Å². The third-order valence-electron chi connectivity index (χ3n) is 4.02. The third-order valence-corrected chi connectivity index (χ3v) is 4.34. The Kier molecular flexibility index (Phi) is 3.47. The van der Waals surface area contributed by atoms with Crippen LogP contribution in [0.1, 0.15) is 11.1 Å². The van der Waals surface area contributed by atoms with E-state index < -0.39 is 5.41 Å². The Morgan fingerprint density at radius 1 is 1.10 bits per heavy atom. The van der Waals surface area contributed by atoms with Crippen LogP contribution in [0.2, 0.25) is 5.02 Å². The van der Waals surface area contributed by atoms with Gasteiger partial charge in [0.1, 0.15) is 5.41 Å². The van der Waals surface area contributed by atoms with E-state index in [2.05, 4.69) is 0 Å². The third kappa shape index (κ3) is 1.81. The Morgan fingerprint density at radius 2 is 1.81 bits per heavy atom. The van der Waals surface area contributed by atoms with Crippen molar-refractivity contribution in [3.63, 3.8) is 0 Å². The zero-order valence-electron chi connectivity index (χ0n) is 11.9. The van der Waals surface area contributed by atoms with Crippen molar-refractivity contribution in [1.29, 1.82) is 0 Å². The molecule has 1 aliphatic rings. The first-order valence-corrected chi connectivity index (χ1v) is 7.01. The molecule has 0 amide bonds. The van der Waals surface area contributed by atoms with Crippen LogP contribution < -0.4 is 0 Å². The molecule has 0 fully saturated rings. The molecule has 0 bridgehead atoms. The van der Waals surface area contributed by atoms with Gasteiger partial charge < -0.3 is 9.47 Å². The van der Waals surface area contributed by atoms with Gasteiger partial charge >= 0.3 is 5.97 Å². The van der Waals surface area contributed by atoms with Crippen LogP contribution in [-0.4, -0.2) is 26.8 Å². The number of rotatable bonds is 3. The minimum atomic E-state index is -0.958. The lowest BCUT2D eigenvalue weighted by atomic mass is 9.79. The maximum atomic E-state index is 12.6. The van der Waals surface area contributed by atoms with Crippen LogP contribution in [0.3, 0.4) is 0 Å². The van der Waals surface area contributed by atoms with E-state index in [-0.39, 0.29) is 12.6 Å². The lowest BCUT2D eigenvalue weighted by Gasteiger charge is -2.28. The molecule has 1 atom stereocenters. The maximum Gasteiger partial charge on any atom is 0.323 e. The first-order chi connectivity index (χ1) is 10.2. The summed E-state index contributed by atoms with van der Waals surface area (Å²) >= 11 is 6.38. The lowest BCUT2D eigenvalue weighted by Crippen LogP contribution is -2.40. The number of esters is 1. The van der Waals surface area contributed by atoms with Gasteiger partial charge in [-0.05, 0) is 22.8 Å². The van der Waals surface area contributed by atoms with Gasteiger partial charge in [-0.1, -0.05) is 48.0 Å². The fourth-order valence-corrected chi connectivity index (χ4v) is 3.47. The van der Waals surface area contributed by atoms with Gasteiger partial charge in [-0.2, -0.15) is 0 Å². The van der Waals surface area contributed by atoms with Gasteiger partial charge in [-0.3, -0.25) is 4.79 Å². The highest BCUT2D eigenvalue weighted by Gasteiger charge is 2.51. The largest absolute Gasteiger partial charge is 0.468 e. The first-order valence-electron chi connectivity index (χ1n) is 6.63. The van der Waals surface area contributed by atoms with Crippen LogP contribution in [0, 0.1) is 0 Å². The fraction of sp³-hybridized carbons (Fsp3) is 0.235. The zero-order valence-corrected chi connectivity index (χ0v) is 12.6. The average molecular weight is 303 g/mol. The Morgan fingerprint density at radius 3 is 2.52 bits per heavy atom. The highest BCUT2D eigenvalue weighted by Crippen LogP contribution is 2.52. The quantitative estimate of drug-likeness (QED) is 0.815. The zero-order chi connectivity index (χ0) is 15.0. The Balaban J connectivity index is 2.41. The number of benzene rings is 2. The van der Waals surface area contributed by atoms with Crippen LogP contribution in [0.25, 0.3) is 11.1 Å². The van der Waals surface area contributed by atoms with E-state index >= 15 is 0 Å². The van der Waals surface area contributed by atoms with Crippen LogP contribution in [0.4, 0.5) is 0 Å². The predicted octanol–water partition coefficient (Wildman–Crippen LogP) is 3.43. The van der Waals surface area contributed by atoms with Crippen LogP contribution in [-0.2, 0) is 19.7 Å². The molecule has 1 unspecified atom stereocenters. The molecule has 21 heavy (non-hydrogen) atoms. The second-order valence-electron chi connectivity index (χ2n) is 5.04. The fourth-order valence-electron chi connectivity index (χ4n) is 3.20. The summed E-state index contributed by atoms with van der Waals surface area (Å²) in [6.07, 6.45) is 0. The Labute approximate surface area is 128 Å². The molecule has 0 aliphatic heterocycles. The molecule has 1 aliphatic carbocycles. The van der Waals surface area contributed by atoms with Crippen molar-refractivity contribution in [1.82, 2.24) is 0 Å². The van der Waals surface area contributed by atoms with Crippen LogP contribution in [0.5, 0.6) is 0 Å². The monoisotopic (exact) mass is 302 g/mol. The summed E-state index contributed by atoms with van der Waals surface area (Å²) in [5, 5.41) is 0.627.